The predicted octanol–water partition coefficient (Wildman–Crippen LogP) is 1.88. The van der Waals surface area contributed by atoms with E-state index in [1.54, 1.807) is 12.1 Å². The van der Waals surface area contributed by atoms with Crippen molar-refractivity contribution >= 4 is 16.9 Å². The number of carbonyl (C=O) groups is 1. The van der Waals surface area contributed by atoms with Crippen LogP contribution in [0.3, 0.4) is 0 Å². The highest BCUT2D eigenvalue weighted by atomic mass is 19.1. The van der Waals surface area contributed by atoms with E-state index in [4.69, 9.17) is 0 Å². The van der Waals surface area contributed by atoms with Crippen LogP contribution in [0, 0.1) is 11.7 Å². The van der Waals surface area contributed by atoms with Crippen molar-refractivity contribution in [2.24, 2.45) is 5.92 Å². The lowest BCUT2D eigenvalue weighted by molar-refractivity contribution is -0.122. The summed E-state index contributed by atoms with van der Waals surface area (Å²) in [5, 5.41) is 7.32. The first-order chi connectivity index (χ1) is 12.4. The minimum atomic E-state index is -0.359. The maximum Gasteiger partial charge on any atom is 0.264 e. The molecule has 2 aromatic heterocycles. The molecule has 3 rings (SSSR count). The van der Waals surface area contributed by atoms with Gasteiger partial charge in [-0.05, 0) is 37.1 Å². The number of nitrogens with zero attached hydrogens (tertiary/aromatic N) is 4. The van der Waals surface area contributed by atoms with Gasteiger partial charge in [0.05, 0.1) is 11.9 Å². The van der Waals surface area contributed by atoms with Crippen LogP contribution in [-0.2, 0) is 11.3 Å². The second-order valence-electron chi connectivity index (χ2n) is 6.55. The van der Waals surface area contributed by atoms with Crippen LogP contribution in [0.4, 0.5) is 4.39 Å². The van der Waals surface area contributed by atoms with Gasteiger partial charge in [0, 0.05) is 6.04 Å². The van der Waals surface area contributed by atoms with Gasteiger partial charge in [0.25, 0.3) is 5.56 Å². The van der Waals surface area contributed by atoms with Crippen LogP contribution < -0.4 is 10.9 Å². The molecule has 2 heterocycles. The van der Waals surface area contributed by atoms with Crippen molar-refractivity contribution in [1.29, 1.82) is 0 Å². The fraction of sp³-hybridized carbons (Fsp3) is 0.333. The molecule has 0 saturated heterocycles. The Balaban J connectivity index is 1.89. The number of benzene rings is 1. The Labute approximate surface area is 149 Å². The molecular weight excluding hydrogens is 337 g/mol. The molecule has 0 fully saturated rings. The van der Waals surface area contributed by atoms with Gasteiger partial charge in [0.1, 0.15) is 24.1 Å². The molecule has 0 aliphatic heterocycles. The van der Waals surface area contributed by atoms with Crippen molar-refractivity contribution < 1.29 is 9.18 Å². The van der Waals surface area contributed by atoms with E-state index in [9.17, 15) is 14.0 Å². The minimum Gasteiger partial charge on any atom is -0.352 e. The second kappa shape index (κ2) is 7.07. The van der Waals surface area contributed by atoms with Crippen molar-refractivity contribution in [3.8, 4) is 5.69 Å². The van der Waals surface area contributed by atoms with Crippen molar-refractivity contribution in [1.82, 2.24) is 24.6 Å². The largest absolute Gasteiger partial charge is 0.352 e. The summed E-state index contributed by atoms with van der Waals surface area (Å²) in [5.74, 6) is -0.312. The molecule has 0 aliphatic rings. The lowest BCUT2D eigenvalue weighted by atomic mass is 10.1. The van der Waals surface area contributed by atoms with Gasteiger partial charge in [-0.2, -0.15) is 5.10 Å². The molecule has 0 spiro atoms. The average Bonchev–Trinajstić information content (AvgIpc) is 3.02. The number of hydrogen-bond acceptors (Lipinski definition) is 4. The topological polar surface area (TPSA) is 81.8 Å². The van der Waals surface area contributed by atoms with E-state index in [0.29, 0.717) is 22.6 Å². The van der Waals surface area contributed by atoms with Crippen LogP contribution in [0.2, 0.25) is 0 Å². The van der Waals surface area contributed by atoms with Gasteiger partial charge >= 0.3 is 0 Å². The van der Waals surface area contributed by atoms with E-state index in [-0.39, 0.29) is 29.9 Å². The number of nitrogens with one attached hydrogen (secondary N) is 1. The number of amides is 1. The first-order valence-corrected chi connectivity index (χ1v) is 8.35. The summed E-state index contributed by atoms with van der Waals surface area (Å²) in [6, 6.07) is 5.73. The number of hydrogen-bond donors (Lipinski definition) is 1. The van der Waals surface area contributed by atoms with E-state index in [1.165, 1.54) is 33.9 Å². The Morgan fingerprint density at radius 1 is 1.23 bits per heavy atom. The Hall–Kier alpha value is -3.03. The van der Waals surface area contributed by atoms with Gasteiger partial charge in [-0.1, -0.05) is 13.8 Å². The molecule has 8 heteroatoms. The number of aromatic nitrogens is 4. The van der Waals surface area contributed by atoms with Gasteiger partial charge in [0.15, 0.2) is 5.65 Å². The highest BCUT2D eigenvalue weighted by Crippen LogP contribution is 2.14. The van der Waals surface area contributed by atoms with Crippen LogP contribution in [0.25, 0.3) is 16.7 Å². The Morgan fingerprint density at radius 3 is 2.58 bits per heavy atom. The number of carbonyl (C=O) groups excluding carboxylic acids is 1. The summed E-state index contributed by atoms with van der Waals surface area (Å²) in [5.41, 5.74) is 0.596. The zero-order valence-corrected chi connectivity index (χ0v) is 14.8. The van der Waals surface area contributed by atoms with Crippen LogP contribution in [0.5, 0.6) is 0 Å². The predicted molar refractivity (Wildman–Crippen MR) is 95.5 cm³/mol. The first-order valence-electron chi connectivity index (χ1n) is 8.35. The maximum absolute atomic E-state index is 13.1. The Kier molecular flexibility index (Phi) is 4.83. The van der Waals surface area contributed by atoms with Crippen LogP contribution in [-0.4, -0.2) is 31.3 Å². The molecular formula is C18H20FN5O2. The molecule has 3 aromatic rings. The van der Waals surface area contributed by atoms with E-state index in [0.717, 1.165) is 0 Å². The summed E-state index contributed by atoms with van der Waals surface area (Å²) in [4.78, 5) is 29.0. The van der Waals surface area contributed by atoms with E-state index < -0.39 is 0 Å². The molecule has 0 radical (unpaired) electrons. The van der Waals surface area contributed by atoms with Crippen LogP contribution in [0.1, 0.15) is 20.8 Å². The Bertz CT molecular complexity index is 991. The second-order valence-corrected chi connectivity index (χ2v) is 6.55. The maximum atomic E-state index is 13.1. The highest BCUT2D eigenvalue weighted by Gasteiger charge is 2.15. The van der Waals surface area contributed by atoms with Crippen molar-refractivity contribution in [2.45, 2.75) is 33.4 Å². The number of halogens is 1. The van der Waals surface area contributed by atoms with Crippen LogP contribution >= 0.6 is 0 Å². The first kappa shape index (κ1) is 17.8. The molecule has 1 aromatic carbocycles. The Morgan fingerprint density at radius 2 is 1.92 bits per heavy atom. The summed E-state index contributed by atoms with van der Waals surface area (Å²) in [6.07, 6.45) is 2.73. The van der Waals surface area contributed by atoms with Gasteiger partial charge < -0.3 is 5.32 Å². The third-order valence-electron chi connectivity index (χ3n) is 4.33. The summed E-state index contributed by atoms with van der Waals surface area (Å²) in [7, 11) is 0. The van der Waals surface area contributed by atoms with E-state index >= 15 is 0 Å². The zero-order valence-electron chi connectivity index (χ0n) is 14.8. The molecule has 26 heavy (non-hydrogen) atoms. The lowest BCUT2D eigenvalue weighted by Crippen LogP contribution is -2.39. The SMILES string of the molecule is CC(C)[C@@H](C)NC(=O)Cn1cnc2c(cnn2-c2ccc(F)cc2)c1=O. The summed E-state index contributed by atoms with van der Waals surface area (Å²) < 4.78 is 15.8. The standard InChI is InChI=1S/C18H20FN5O2/c1-11(2)12(3)22-16(25)9-23-10-20-17-15(18(23)26)8-21-24(17)14-6-4-13(19)5-7-14/h4-8,10-12H,9H2,1-3H3,(H,22,25)/t12-/m1/s1. The van der Waals surface area contributed by atoms with Crippen LogP contribution in [0.15, 0.2) is 41.6 Å². The third kappa shape index (κ3) is 3.49. The molecule has 1 amide bonds. The molecule has 1 N–H and O–H groups in total. The van der Waals surface area contributed by atoms with Gasteiger partial charge in [0.2, 0.25) is 5.91 Å². The molecule has 0 unspecified atom stereocenters. The van der Waals surface area contributed by atoms with E-state index in [1.807, 2.05) is 20.8 Å². The normalized spacial score (nSPS) is 12.5. The van der Waals surface area contributed by atoms with Gasteiger partial charge in [-0.25, -0.2) is 14.1 Å². The third-order valence-corrected chi connectivity index (χ3v) is 4.33. The van der Waals surface area contributed by atoms with Crippen molar-refractivity contribution in [3.63, 3.8) is 0 Å². The van der Waals surface area contributed by atoms with Gasteiger partial charge in [-0.3, -0.25) is 14.2 Å². The highest BCUT2D eigenvalue weighted by molar-refractivity contribution is 5.78. The quantitative estimate of drug-likeness (QED) is 0.756. The molecule has 0 aliphatic carbocycles. The van der Waals surface area contributed by atoms with Crippen molar-refractivity contribution in [3.05, 3.63) is 53.0 Å². The smallest absolute Gasteiger partial charge is 0.264 e. The average molecular weight is 357 g/mol. The number of rotatable bonds is 5. The molecule has 136 valence electrons. The lowest BCUT2D eigenvalue weighted by Gasteiger charge is -2.17. The molecule has 1 atom stereocenters. The van der Waals surface area contributed by atoms with E-state index in [2.05, 4.69) is 15.4 Å². The molecule has 0 saturated carbocycles. The molecule has 7 nitrogen and oxygen atoms in total. The zero-order chi connectivity index (χ0) is 18.8. The summed E-state index contributed by atoms with van der Waals surface area (Å²) in [6.45, 7) is 5.82. The summed E-state index contributed by atoms with van der Waals surface area (Å²) >= 11 is 0. The minimum absolute atomic E-state index is 0.0103. The monoisotopic (exact) mass is 357 g/mol. The molecule has 0 bridgehead atoms. The van der Waals surface area contributed by atoms with Gasteiger partial charge in [-0.15, -0.1) is 0 Å². The number of fused-ring (bicyclic) bond motifs is 1. The fourth-order valence-electron chi connectivity index (χ4n) is 2.45. The fourth-order valence-corrected chi connectivity index (χ4v) is 2.45. The van der Waals surface area contributed by atoms with Crippen molar-refractivity contribution in [2.75, 3.05) is 0 Å².